The Morgan fingerprint density at radius 2 is 2.21 bits per heavy atom. The molecule has 33 heavy (non-hydrogen) atoms. The zero-order chi connectivity index (χ0) is 23.4. The maximum Gasteiger partial charge on any atom is 0.414 e. The van der Waals surface area contributed by atoms with Crippen molar-refractivity contribution in [3.05, 3.63) is 47.9 Å². The summed E-state index contributed by atoms with van der Waals surface area (Å²) in [7, 11) is 0. The maximum atomic E-state index is 14.9. The molecule has 0 spiro atoms. The molecule has 0 saturated carbocycles. The average molecular weight is 455 g/mol. The van der Waals surface area contributed by atoms with Crippen molar-refractivity contribution >= 4 is 24.0 Å². The Bertz CT molecular complexity index is 1050. The third-order valence-electron chi connectivity index (χ3n) is 5.56. The van der Waals surface area contributed by atoms with Crippen LogP contribution in [0.3, 0.4) is 0 Å². The summed E-state index contributed by atoms with van der Waals surface area (Å²) in [4.78, 5) is 35.2. The Kier molecular flexibility index (Phi) is 6.80. The molecule has 11 heteroatoms. The smallest absolute Gasteiger partial charge is 0.414 e. The normalized spacial score (nSPS) is 18.5. The predicted molar refractivity (Wildman–Crippen MR) is 121 cm³/mol. The topological polar surface area (TPSA) is 125 Å². The van der Waals surface area contributed by atoms with E-state index in [1.54, 1.807) is 30.7 Å². The number of hydrazine groups is 1. The van der Waals surface area contributed by atoms with Crippen LogP contribution in [0.5, 0.6) is 0 Å². The third-order valence-corrected chi connectivity index (χ3v) is 5.56. The summed E-state index contributed by atoms with van der Waals surface area (Å²) in [5.41, 5.74) is 4.92. The second kappa shape index (κ2) is 9.92. The minimum absolute atomic E-state index is 0.102. The highest BCUT2D eigenvalue weighted by atomic mass is 19.1. The molecule has 0 radical (unpaired) electrons. The van der Waals surface area contributed by atoms with Crippen LogP contribution in [-0.4, -0.2) is 66.7 Å². The van der Waals surface area contributed by atoms with Gasteiger partial charge in [-0.3, -0.25) is 25.5 Å². The lowest BCUT2D eigenvalue weighted by Gasteiger charge is -2.25. The van der Waals surface area contributed by atoms with Crippen LogP contribution in [0.1, 0.15) is 12.5 Å². The quantitative estimate of drug-likeness (QED) is 0.401. The lowest BCUT2D eigenvalue weighted by molar-refractivity contribution is -0.119. The summed E-state index contributed by atoms with van der Waals surface area (Å²) in [5, 5.41) is 2.61. The summed E-state index contributed by atoms with van der Waals surface area (Å²) < 4.78 is 20.1. The Labute approximate surface area is 190 Å². The van der Waals surface area contributed by atoms with E-state index in [4.69, 9.17) is 10.6 Å². The molecule has 4 N–H and O–H groups in total. The number of nitrogens with zero attached hydrogens (tertiary/aromatic N) is 4. The fourth-order valence-electron chi connectivity index (χ4n) is 3.81. The molecule has 10 nitrogen and oxygen atoms in total. The van der Waals surface area contributed by atoms with Gasteiger partial charge in [0, 0.05) is 31.6 Å². The van der Waals surface area contributed by atoms with E-state index < -0.39 is 18.0 Å². The van der Waals surface area contributed by atoms with Gasteiger partial charge in [0.2, 0.25) is 5.91 Å². The van der Waals surface area contributed by atoms with Crippen LogP contribution in [0.15, 0.2) is 41.5 Å². The summed E-state index contributed by atoms with van der Waals surface area (Å²) in [6.07, 6.45) is 2.93. The van der Waals surface area contributed by atoms with E-state index >= 15 is 0 Å². The predicted octanol–water partition coefficient (Wildman–Crippen LogP) is 1.02. The number of benzene rings is 1. The summed E-state index contributed by atoms with van der Waals surface area (Å²) >= 11 is 0. The molecule has 2 atom stereocenters. The number of pyridine rings is 1. The average Bonchev–Trinajstić information content (AvgIpc) is 3.46. The number of carbonyl (C=O) groups is 2. The second-order valence-electron chi connectivity index (χ2n) is 7.92. The lowest BCUT2D eigenvalue weighted by Crippen LogP contribution is -2.49. The van der Waals surface area contributed by atoms with Crippen molar-refractivity contribution in [2.45, 2.75) is 25.6 Å². The largest absolute Gasteiger partial charge is 0.442 e. The lowest BCUT2D eigenvalue weighted by atomic mass is 10.1. The van der Waals surface area contributed by atoms with Crippen LogP contribution >= 0.6 is 0 Å². The summed E-state index contributed by atoms with van der Waals surface area (Å²) in [6, 6.07) is 8.17. The van der Waals surface area contributed by atoms with E-state index in [-0.39, 0.29) is 25.2 Å². The maximum absolute atomic E-state index is 14.9. The number of hydrogen-bond acceptors (Lipinski definition) is 8. The molecule has 2 aliphatic heterocycles. The van der Waals surface area contributed by atoms with Crippen LogP contribution < -0.4 is 21.5 Å². The molecule has 2 aromatic rings. The van der Waals surface area contributed by atoms with E-state index in [2.05, 4.69) is 20.7 Å². The van der Waals surface area contributed by atoms with Gasteiger partial charge in [-0.05, 0) is 29.8 Å². The molecule has 4 rings (SSSR count). The SMILES string of the molecule is CC(=O)NC[C@H]1CN(c2ccc(-c3ccc(C[C@H](NN)N4C=NCC4)cn3)c(F)c2)C(=O)O1. The molecule has 174 valence electrons. The van der Waals surface area contributed by atoms with Crippen LogP contribution in [0.4, 0.5) is 14.9 Å². The third kappa shape index (κ3) is 5.26. The Morgan fingerprint density at radius 1 is 1.36 bits per heavy atom. The highest BCUT2D eigenvalue weighted by molar-refractivity contribution is 5.90. The van der Waals surface area contributed by atoms with Gasteiger partial charge in [0.25, 0.3) is 0 Å². The van der Waals surface area contributed by atoms with E-state index in [0.717, 1.165) is 18.7 Å². The number of ether oxygens (including phenoxy) is 1. The number of rotatable bonds is 8. The first-order valence-corrected chi connectivity index (χ1v) is 10.6. The van der Waals surface area contributed by atoms with Gasteiger partial charge in [-0.1, -0.05) is 6.07 Å². The van der Waals surface area contributed by atoms with E-state index in [0.29, 0.717) is 23.4 Å². The molecule has 2 aliphatic rings. The number of carbonyl (C=O) groups excluding carboxylic acids is 2. The standard InChI is InChI=1S/C22H26FN7O3/c1-14(31)26-11-17-12-30(22(32)33-17)16-3-4-18(19(23)9-16)20-5-2-15(10-27-20)8-21(28-24)29-7-6-25-13-29/h2-5,9-10,13,17,21,28H,6-8,11-12,24H2,1H3,(H,26,31)/t17-,21+/m0/s1. The van der Waals surface area contributed by atoms with Crippen molar-refractivity contribution < 1.29 is 18.7 Å². The zero-order valence-corrected chi connectivity index (χ0v) is 18.2. The summed E-state index contributed by atoms with van der Waals surface area (Å²) in [6.45, 7) is 3.37. The Hall–Kier alpha value is -3.57. The number of cyclic esters (lactones) is 1. The Morgan fingerprint density at radius 3 is 2.85 bits per heavy atom. The number of nitrogens with two attached hydrogens (primary N) is 1. The van der Waals surface area contributed by atoms with E-state index in [1.807, 2.05) is 11.0 Å². The first kappa shape index (κ1) is 22.6. The minimum atomic E-state index is -0.578. The number of aliphatic imine (C=N–C) groups is 1. The molecule has 0 unspecified atom stereocenters. The first-order valence-electron chi connectivity index (χ1n) is 10.6. The number of halogens is 1. The number of anilines is 1. The van der Waals surface area contributed by atoms with Gasteiger partial charge >= 0.3 is 6.09 Å². The van der Waals surface area contributed by atoms with Crippen LogP contribution in [0.25, 0.3) is 11.3 Å². The number of nitrogens with one attached hydrogen (secondary N) is 2. The molecule has 2 amide bonds. The van der Waals surface area contributed by atoms with Crippen LogP contribution in [0.2, 0.25) is 0 Å². The van der Waals surface area contributed by atoms with Crippen LogP contribution in [-0.2, 0) is 16.0 Å². The van der Waals surface area contributed by atoms with Gasteiger partial charge in [0.05, 0.1) is 43.5 Å². The first-order chi connectivity index (χ1) is 15.9. The van der Waals surface area contributed by atoms with Crippen molar-refractivity contribution in [2.75, 3.05) is 31.1 Å². The van der Waals surface area contributed by atoms with Gasteiger partial charge in [-0.15, -0.1) is 0 Å². The number of aromatic nitrogens is 1. The molecule has 0 aliphatic carbocycles. The molecule has 1 saturated heterocycles. The number of hydrogen-bond donors (Lipinski definition) is 3. The molecule has 1 aromatic carbocycles. The molecular formula is C22H26FN7O3. The van der Waals surface area contributed by atoms with Gasteiger partial charge in [-0.25, -0.2) is 14.6 Å². The van der Waals surface area contributed by atoms with Gasteiger partial charge in [0.1, 0.15) is 11.9 Å². The highest BCUT2D eigenvalue weighted by Crippen LogP contribution is 2.28. The fourth-order valence-corrected chi connectivity index (χ4v) is 3.81. The van der Waals surface area contributed by atoms with Crippen LogP contribution in [0, 0.1) is 5.82 Å². The van der Waals surface area contributed by atoms with E-state index in [9.17, 15) is 14.0 Å². The van der Waals surface area contributed by atoms with Crippen molar-refractivity contribution in [3.63, 3.8) is 0 Å². The monoisotopic (exact) mass is 455 g/mol. The molecule has 3 heterocycles. The molecule has 1 aromatic heterocycles. The zero-order valence-electron chi connectivity index (χ0n) is 18.2. The highest BCUT2D eigenvalue weighted by Gasteiger charge is 2.32. The minimum Gasteiger partial charge on any atom is -0.442 e. The van der Waals surface area contributed by atoms with Gasteiger partial charge in [-0.2, -0.15) is 0 Å². The molecule has 1 fully saturated rings. The van der Waals surface area contributed by atoms with Gasteiger partial charge < -0.3 is 15.0 Å². The summed E-state index contributed by atoms with van der Waals surface area (Å²) in [5.74, 6) is 4.97. The van der Waals surface area contributed by atoms with Crippen molar-refractivity contribution in [1.82, 2.24) is 20.6 Å². The second-order valence-corrected chi connectivity index (χ2v) is 7.92. The Balaban J connectivity index is 1.43. The van der Waals surface area contributed by atoms with Crippen molar-refractivity contribution in [1.29, 1.82) is 0 Å². The van der Waals surface area contributed by atoms with Crippen molar-refractivity contribution in [3.8, 4) is 11.3 Å². The van der Waals surface area contributed by atoms with Crippen molar-refractivity contribution in [2.24, 2.45) is 10.8 Å². The molecule has 0 bridgehead atoms. The number of amides is 2. The van der Waals surface area contributed by atoms with Gasteiger partial charge in [0.15, 0.2) is 0 Å². The molecular weight excluding hydrogens is 429 g/mol. The fraction of sp³-hybridized carbons (Fsp3) is 0.364. The van der Waals surface area contributed by atoms with E-state index in [1.165, 1.54) is 17.9 Å².